The van der Waals surface area contributed by atoms with Gasteiger partial charge in [-0.15, -0.1) is 0 Å². The van der Waals surface area contributed by atoms with Gasteiger partial charge in [-0.1, -0.05) is 41.9 Å². The van der Waals surface area contributed by atoms with E-state index in [1.807, 2.05) is 31.2 Å². The molecule has 39 heavy (non-hydrogen) atoms. The number of benzene rings is 4. The highest BCUT2D eigenvalue weighted by Gasteiger charge is 2.25. The number of amides is 1. The van der Waals surface area contributed by atoms with Crippen LogP contribution in [0.4, 0.5) is 10.1 Å². The minimum Gasteiger partial charge on any atom is -0.407 e. The first-order valence-corrected chi connectivity index (χ1v) is 12.5. The summed E-state index contributed by atoms with van der Waals surface area (Å²) in [5, 5.41) is 8.23. The zero-order valence-corrected chi connectivity index (χ0v) is 21.9. The lowest BCUT2D eigenvalue weighted by Crippen LogP contribution is -2.11. The lowest BCUT2D eigenvalue weighted by Gasteiger charge is -2.12. The Hall–Kier alpha value is -4.75. The number of hydrogen-bond donors (Lipinski definition) is 1. The molecule has 1 aromatic heterocycles. The Morgan fingerprint density at radius 3 is 2.15 bits per heavy atom. The van der Waals surface area contributed by atoms with Gasteiger partial charge in [-0.2, -0.15) is 9.78 Å². The number of hydrogen-bond acceptors (Lipinski definition) is 4. The molecule has 0 saturated heterocycles. The number of para-hydroxylation sites is 1. The number of nitrogens with one attached hydrogen (secondary N) is 1. The summed E-state index contributed by atoms with van der Waals surface area (Å²) in [6, 6.07) is 27.3. The van der Waals surface area contributed by atoms with Crippen LogP contribution in [0.1, 0.15) is 22.8 Å². The Balaban J connectivity index is 1.61. The quantitative estimate of drug-likeness (QED) is 0.227. The maximum Gasteiger partial charge on any atom is 0.309 e. The molecule has 1 amide bonds. The fourth-order valence-corrected chi connectivity index (χ4v) is 4.32. The first-order chi connectivity index (χ1) is 18.8. The molecule has 0 fully saturated rings. The Bertz CT molecular complexity index is 1660. The predicted molar refractivity (Wildman–Crippen MR) is 150 cm³/mol. The van der Waals surface area contributed by atoms with Crippen LogP contribution in [0.3, 0.4) is 0 Å². The largest absolute Gasteiger partial charge is 0.407 e. The predicted octanol–water partition coefficient (Wildman–Crippen LogP) is 7.48. The molecule has 5 rings (SSSR count). The van der Waals surface area contributed by atoms with Gasteiger partial charge in [-0.25, -0.2) is 4.39 Å². The van der Waals surface area contributed by atoms with Crippen LogP contribution < -0.4 is 10.1 Å². The van der Waals surface area contributed by atoms with E-state index in [1.165, 1.54) is 19.1 Å². The monoisotopic (exact) mass is 539 g/mol. The van der Waals surface area contributed by atoms with Crippen molar-refractivity contribution in [3.63, 3.8) is 0 Å². The molecule has 0 aliphatic heterocycles. The number of aromatic nitrogens is 2. The van der Waals surface area contributed by atoms with E-state index in [4.69, 9.17) is 21.4 Å². The summed E-state index contributed by atoms with van der Waals surface area (Å²) in [7, 11) is 0. The number of aryl methyl sites for hydroxylation is 1. The SMILES string of the molecule is CC(=O)Oc1c(-c2ccc(NC(=O)c3ccc(Cl)cc3)cc2)c(-c2ccc(F)cc2)nn1-c1ccccc1C. The van der Waals surface area contributed by atoms with Gasteiger partial charge in [-0.3, -0.25) is 9.59 Å². The molecule has 0 atom stereocenters. The summed E-state index contributed by atoms with van der Waals surface area (Å²) in [6.07, 6.45) is 0. The maximum atomic E-state index is 13.8. The van der Waals surface area contributed by atoms with Crippen LogP contribution in [0, 0.1) is 12.7 Å². The molecule has 6 nitrogen and oxygen atoms in total. The van der Waals surface area contributed by atoms with E-state index in [2.05, 4.69) is 5.32 Å². The van der Waals surface area contributed by atoms with Crippen molar-refractivity contribution in [2.24, 2.45) is 0 Å². The fourth-order valence-electron chi connectivity index (χ4n) is 4.19. The first-order valence-electron chi connectivity index (χ1n) is 12.1. The van der Waals surface area contributed by atoms with Crippen molar-refractivity contribution >= 4 is 29.2 Å². The van der Waals surface area contributed by atoms with E-state index in [9.17, 15) is 14.0 Å². The van der Waals surface area contributed by atoms with Crippen molar-refractivity contribution < 1.29 is 18.7 Å². The van der Waals surface area contributed by atoms with E-state index in [-0.39, 0.29) is 17.6 Å². The Labute approximate surface area is 229 Å². The number of nitrogens with zero attached hydrogens (tertiary/aromatic N) is 2. The summed E-state index contributed by atoms with van der Waals surface area (Å²) in [4.78, 5) is 24.9. The molecule has 1 N–H and O–H groups in total. The molecule has 1 heterocycles. The summed E-state index contributed by atoms with van der Waals surface area (Å²) in [5.74, 6) is -0.934. The number of carbonyl (C=O) groups is 2. The van der Waals surface area contributed by atoms with Crippen LogP contribution in [0.25, 0.3) is 28.1 Å². The van der Waals surface area contributed by atoms with Crippen LogP contribution >= 0.6 is 11.6 Å². The lowest BCUT2D eigenvalue weighted by molar-refractivity contribution is -0.132. The fraction of sp³-hybridized carbons (Fsp3) is 0.0645. The van der Waals surface area contributed by atoms with Crippen LogP contribution in [0.5, 0.6) is 5.88 Å². The molecular formula is C31H23ClFN3O3. The second kappa shape index (κ2) is 10.9. The van der Waals surface area contributed by atoms with Gasteiger partial charge in [0.25, 0.3) is 5.91 Å². The molecular weight excluding hydrogens is 517 g/mol. The van der Waals surface area contributed by atoms with Crippen LogP contribution in [0.2, 0.25) is 5.02 Å². The summed E-state index contributed by atoms with van der Waals surface area (Å²) in [5.41, 5.74) is 5.09. The minimum absolute atomic E-state index is 0.231. The Morgan fingerprint density at radius 1 is 0.872 bits per heavy atom. The van der Waals surface area contributed by atoms with Gasteiger partial charge in [0.1, 0.15) is 11.5 Å². The molecule has 8 heteroatoms. The second-order valence-electron chi connectivity index (χ2n) is 8.87. The molecule has 4 aromatic carbocycles. The number of rotatable bonds is 6. The van der Waals surface area contributed by atoms with E-state index >= 15 is 0 Å². The van der Waals surface area contributed by atoms with E-state index in [1.54, 1.807) is 65.3 Å². The van der Waals surface area contributed by atoms with Crippen LogP contribution in [-0.4, -0.2) is 21.7 Å². The first kappa shape index (κ1) is 25.9. The summed E-state index contributed by atoms with van der Waals surface area (Å²) >= 11 is 5.92. The molecule has 0 aliphatic rings. The Kier molecular flexibility index (Phi) is 7.25. The topological polar surface area (TPSA) is 73.2 Å². The summed E-state index contributed by atoms with van der Waals surface area (Å²) < 4.78 is 21.1. The van der Waals surface area contributed by atoms with Gasteiger partial charge in [0.15, 0.2) is 0 Å². The standard InChI is InChI=1S/C31H23ClFN3O3/c1-19-5-3-4-6-27(19)36-31(39-20(2)37)28(29(35-36)22-9-15-25(33)16-10-22)21-11-17-26(18-12-21)34-30(38)23-7-13-24(32)14-8-23/h3-18H,1-2H3,(H,34,38). The molecule has 0 radical (unpaired) electrons. The van der Waals surface area contributed by atoms with Gasteiger partial charge in [0, 0.05) is 28.8 Å². The molecule has 194 valence electrons. The van der Waals surface area contributed by atoms with E-state index in [0.29, 0.717) is 38.7 Å². The number of carbonyl (C=O) groups excluding carboxylic acids is 2. The second-order valence-corrected chi connectivity index (χ2v) is 9.30. The highest BCUT2D eigenvalue weighted by atomic mass is 35.5. The molecule has 0 saturated carbocycles. The third-order valence-electron chi connectivity index (χ3n) is 6.08. The van der Waals surface area contributed by atoms with Crippen molar-refractivity contribution in [3.05, 3.63) is 119 Å². The zero-order chi connectivity index (χ0) is 27.5. The Morgan fingerprint density at radius 2 is 1.51 bits per heavy atom. The van der Waals surface area contributed by atoms with Crippen LogP contribution in [-0.2, 0) is 4.79 Å². The van der Waals surface area contributed by atoms with Gasteiger partial charge < -0.3 is 10.1 Å². The maximum absolute atomic E-state index is 13.8. The summed E-state index contributed by atoms with van der Waals surface area (Å²) in [6.45, 7) is 3.26. The number of anilines is 1. The molecule has 0 bridgehead atoms. The average molecular weight is 540 g/mol. The molecule has 5 aromatic rings. The zero-order valence-electron chi connectivity index (χ0n) is 21.1. The van der Waals surface area contributed by atoms with Crippen molar-refractivity contribution in [2.75, 3.05) is 5.32 Å². The highest BCUT2D eigenvalue weighted by molar-refractivity contribution is 6.30. The number of esters is 1. The van der Waals surface area contributed by atoms with E-state index < -0.39 is 5.97 Å². The average Bonchev–Trinajstić information content (AvgIpc) is 3.28. The van der Waals surface area contributed by atoms with Crippen molar-refractivity contribution in [1.82, 2.24) is 9.78 Å². The molecule has 0 unspecified atom stereocenters. The van der Waals surface area contributed by atoms with Gasteiger partial charge in [0.05, 0.1) is 11.3 Å². The van der Waals surface area contributed by atoms with E-state index in [0.717, 1.165) is 11.3 Å². The van der Waals surface area contributed by atoms with Gasteiger partial charge >= 0.3 is 5.97 Å². The smallest absolute Gasteiger partial charge is 0.309 e. The number of ether oxygens (including phenoxy) is 1. The lowest BCUT2D eigenvalue weighted by atomic mass is 10.0. The van der Waals surface area contributed by atoms with Crippen molar-refractivity contribution in [2.45, 2.75) is 13.8 Å². The highest BCUT2D eigenvalue weighted by Crippen LogP contribution is 2.41. The molecule has 0 spiro atoms. The molecule has 0 aliphatic carbocycles. The van der Waals surface area contributed by atoms with Gasteiger partial charge in [-0.05, 0) is 84.8 Å². The van der Waals surface area contributed by atoms with Crippen LogP contribution in [0.15, 0.2) is 97.1 Å². The number of halogens is 2. The normalized spacial score (nSPS) is 10.8. The third-order valence-corrected chi connectivity index (χ3v) is 6.33. The van der Waals surface area contributed by atoms with Crippen molar-refractivity contribution in [1.29, 1.82) is 0 Å². The minimum atomic E-state index is -0.511. The third kappa shape index (κ3) is 5.58. The van der Waals surface area contributed by atoms with Gasteiger partial charge in [0.2, 0.25) is 5.88 Å². The van der Waals surface area contributed by atoms with Crippen molar-refractivity contribution in [3.8, 4) is 34.0 Å².